The standard InChI is InChI=1S/C16H19ClN2O5S/c17-12-4-6-14(7-5-12)25(21,22)19(9-13-10-23-11-24-13)15-3-1-2-8-18-16(15)20/h4-7,10,15H,1-3,8-9,11H2,(H,18,20). The average molecular weight is 387 g/mol. The average Bonchev–Trinajstić information content (AvgIpc) is 3.01. The first-order valence-electron chi connectivity index (χ1n) is 7.97. The number of halogens is 1. The van der Waals surface area contributed by atoms with Crippen LogP contribution in [0.25, 0.3) is 0 Å². The largest absolute Gasteiger partial charge is 0.462 e. The van der Waals surface area contributed by atoms with E-state index in [0.29, 0.717) is 23.7 Å². The van der Waals surface area contributed by atoms with Crippen LogP contribution in [0.4, 0.5) is 0 Å². The lowest BCUT2D eigenvalue weighted by Gasteiger charge is -2.28. The minimum atomic E-state index is -3.92. The fraction of sp³-hybridized carbons (Fsp3) is 0.438. The Morgan fingerprint density at radius 2 is 2.00 bits per heavy atom. The molecule has 1 fully saturated rings. The third-order valence-electron chi connectivity index (χ3n) is 4.11. The van der Waals surface area contributed by atoms with E-state index < -0.39 is 16.1 Å². The van der Waals surface area contributed by atoms with E-state index in [1.165, 1.54) is 34.8 Å². The molecule has 3 rings (SSSR count). The lowest BCUT2D eigenvalue weighted by atomic mass is 10.1. The monoisotopic (exact) mass is 386 g/mol. The van der Waals surface area contributed by atoms with Gasteiger partial charge in [0.05, 0.1) is 11.4 Å². The van der Waals surface area contributed by atoms with Gasteiger partial charge in [-0.3, -0.25) is 4.79 Å². The van der Waals surface area contributed by atoms with E-state index in [1.54, 1.807) is 0 Å². The molecule has 1 amide bonds. The summed E-state index contributed by atoms with van der Waals surface area (Å²) in [5.74, 6) is 0.0733. The van der Waals surface area contributed by atoms with Crippen molar-refractivity contribution in [3.8, 4) is 0 Å². The summed E-state index contributed by atoms with van der Waals surface area (Å²) in [4.78, 5) is 12.5. The molecule has 1 atom stereocenters. The molecule has 0 radical (unpaired) electrons. The SMILES string of the molecule is O=C1NCCCCC1N(CC1=COCO1)S(=O)(=O)c1ccc(Cl)cc1. The topological polar surface area (TPSA) is 84.9 Å². The fourth-order valence-electron chi connectivity index (χ4n) is 2.81. The molecule has 1 unspecified atom stereocenters. The van der Waals surface area contributed by atoms with Crippen molar-refractivity contribution < 1.29 is 22.7 Å². The van der Waals surface area contributed by atoms with Crippen LogP contribution in [0.15, 0.2) is 41.2 Å². The van der Waals surface area contributed by atoms with Gasteiger partial charge >= 0.3 is 0 Å². The Hall–Kier alpha value is -1.77. The number of amides is 1. The highest BCUT2D eigenvalue weighted by atomic mass is 35.5. The number of rotatable bonds is 5. The zero-order valence-corrected chi connectivity index (χ0v) is 15.1. The van der Waals surface area contributed by atoms with Crippen molar-refractivity contribution in [2.24, 2.45) is 0 Å². The number of hydrogen-bond donors (Lipinski definition) is 1. The molecule has 0 aliphatic carbocycles. The molecule has 136 valence electrons. The van der Waals surface area contributed by atoms with Crippen molar-refractivity contribution in [1.82, 2.24) is 9.62 Å². The third-order valence-corrected chi connectivity index (χ3v) is 6.23. The summed E-state index contributed by atoms with van der Waals surface area (Å²) in [5.41, 5.74) is 0. The van der Waals surface area contributed by atoms with Gasteiger partial charge in [-0.25, -0.2) is 8.42 Å². The molecule has 1 N–H and O–H groups in total. The highest BCUT2D eigenvalue weighted by Crippen LogP contribution is 2.25. The van der Waals surface area contributed by atoms with E-state index in [4.69, 9.17) is 21.1 Å². The van der Waals surface area contributed by atoms with Crippen molar-refractivity contribution in [3.05, 3.63) is 41.3 Å². The van der Waals surface area contributed by atoms with Crippen molar-refractivity contribution in [2.45, 2.75) is 30.2 Å². The second-order valence-electron chi connectivity index (χ2n) is 5.82. The Balaban J connectivity index is 1.96. The molecule has 2 aliphatic heterocycles. The quantitative estimate of drug-likeness (QED) is 0.834. The third kappa shape index (κ3) is 4.08. The molecule has 0 bridgehead atoms. The summed E-state index contributed by atoms with van der Waals surface area (Å²) >= 11 is 5.85. The van der Waals surface area contributed by atoms with E-state index in [1.807, 2.05) is 0 Å². The maximum Gasteiger partial charge on any atom is 0.244 e. The molecular formula is C16H19ClN2O5S. The second kappa shape index (κ2) is 7.63. The summed E-state index contributed by atoms with van der Waals surface area (Å²) in [6.07, 6.45) is 3.40. The van der Waals surface area contributed by atoms with Crippen LogP contribution in [0.1, 0.15) is 19.3 Å². The molecule has 9 heteroatoms. The maximum absolute atomic E-state index is 13.2. The zero-order valence-electron chi connectivity index (χ0n) is 13.5. The summed E-state index contributed by atoms with van der Waals surface area (Å²) < 4.78 is 37.8. The van der Waals surface area contributed by atoms with Gasteiger partial charge in [0.2, 0.25) is 22.7 Å². The van der Waals surface area contributed by atoms with Crippen molar-refractivity contribution >= 4 is 27.5 Å². The van der Waals surface area contributed by atoms with Gasteiger partial charge in [0.1, 0.15) is 12.3 Å². The molecule has 7 nitrogen and oxygen atoms in total. The summed E-state index contributed by atoms with van der Waals surface area (Å²) in [5, 5.41) is 3.21. The summed E-state index contributed by atoms with van der Waals surface area (Å²) in [6, 6.07) is 5.08. The van der Waals surface area contributed by atoms with Gasteiger partial charge in [-0.1, -0.05) is 11.6 Å². The van der Waals surface area contributed by atoms with E-state index in [-0.39, 0.29) is 24.1 Å². The lowest BCUT2D eigenvalue weighted by molar-refractivity contribution is -0.124. The van der Waals surface area contributed by atoms with Crippen LogP contribution in [0, 0.1) is 0 Å². The van der Waals surface area contributed by atoms with Gasteiger partial charge in [0, 0.05) is 11.6 Å². The molecule has 2 aliphatic rings. The van der Waals surface area contributed by atoms with Gasteiger partial charge in [0.25, 0.3) is 0 Å². The Labute approximate surface area is 151 Å². The van der Waals surface area contributed by atoms with Crippen LogP contribution >= 0.6 is 11.6 Å². The van der Waals surface area contributed by atoms with Crippen LogP contribution in [-0.2, 0) is 24.3 Å². The Bertz CT molecular complexity index is 763. The van der Waals surface area contributed by atoms with Crippen LogP contribution in [0.5, 0.6) is 0 Å². The first-order valence-corrected chi connectivity index (χ1v) is 9.79. The van der Waals surface area contributed by atoms with E-state index >= 15 is 0 Å². The molecule has 1 aromatic carbocycles. The number of hydrogen-bond acceptors (Lipinski definition) is 5. The zero-order chi connectivity index (χ0) is 17.9. The number of carbonyl (C=O) groups is 1. The van der Waals surface area contributed by atoms with E-state index in [0.717, 1.165) is 12.8 Å². The molecule has 0 aromatic heterocycles. The van der Waals surface area contributed by atoms with Crippen LogP contribution in [0.3, 0.4) is 0 Å². The Kier molecular flexibility index (Phi) is 5.51. The number of nitrogens with zero attached hydrogens (tertiary/aromatic N) is 1. The minimum absolute atomic E-state index is 0.0427. The molecule has 2 heterocycles. The van der Waals surface area contributed by atoms with Crippen LogP contribution < -0.4 is 5.32 Å². The fourth-order valence-corrected chi connectivity index (χ4v) is 4.52. The van der Waals surface area contributed by atoms with Gasteiger partial charge in [-0.2, -0.15) is 4.31 Å². The van der Waals surface area contributed by atoms with Gasteiger partial charge in [-0.05, 0) is 43.5 Å². The number of ether oxygens (including phenoxy) is 2. The normalized spacial score (nSPS) is 21.1. The smallest absolute Gasteiger partial charge is 0.244 e. The second-order valence-corrected chi connectivity index (χ2v) is 8.15. The van der Waals surface area contributed by atoms with Gasteiger partial charge < -0.3 is 14.8 Å². The predicted molar refractivity (Wildman–Crippen MR) is 91.1 cm³/mol. The molecule has 0 saturated carbocycles. The highest BCUT2D eigenvalue weighted by Gasteiger charge is 2.37. The predicted octanol–water partition coefficient (Wildman–Crippen LogP) is 1.85. The molecule has 25 heavy (non-hydrogen) atoms. The highest BCUT2D eigenvalue weighted by molar-refractivity contribution is 7.89. The van der Waals surface area contributed by atoms with Gasteiger partial charge in [-0.15, -0.1) is 0 Å². The first kappa shape index (κ1) is 18.0. The van der Waals surface area contributed by atoms with E-state index in [9.17, 15) is 13.2 Å². The number of benzene rings is 1. The first-order chi connectivity index (χ1) is 12.0. The number of carbonyl (C=O) groups excluding carboxylic acids is 1. The van der Waals surface area contributed by atoms with E-state index in [2.05, 4.69) is 5.32 Å². The van der Waals surface area contributed by atoms with Crippen molar-refractivity contribution in [2.75, 3.05) is 19.9 Å². The van der Waals surface area contributed by atoms with Crippen LogP contribution in [0.2, 0.25) is 5.02 Å². The summed E-state index contributed by atoms with van der Waals surface area (Å²) in [7, 11) is -3.92. The Morgan fingerprint density at radius 1 is 1.24 bits per heavy atom. The molecule has 1 aromatic rings. The Morgan fingerprint density at radius 3 is 2.68 bits per heavy atom. The van der Waals surface area contributed by atoms with Crippen molar-refractivity contribution in [1.29, 1.82) is 0 Å². The lowest BCUT2D eigenvalue weighted by Crippen LogP contribution is -2.49. The number of sulfonamides is 1. The minimum Gasteiger partial charge on any atom is -0.462 e. The molecule has 1 saturated heterocycles. The molecular weight excluding hydrogens is 368 g/mol. The summed E-state index contributed by atoms with van der Waals surface area (Å²) in [6.45, 7) is 0.524. The molecule has 0 spiro atoms. The van der Waals surface area contributed by atoms with Crippen molar-refractivity contribution in [3.63, 3.8) is 0 Å². The van der Waals surface area contributed by atoms with Crippen LogP contribution in [-0.4, -0.2) is 44.6 Å². The number of nitrogens with one attached hydrogen (secondary N) is 1. The van der Waals surface area contributed by atoms with Gasteiger partial charge in [0.15, 0.2) is 5.76 Å². The maximum atomic E-state index is 13.2.